The maximum absolute atomic E-state index is 11.7. The Morgan fingerprint density at radius 3 is 2.79 bits per heavy atom. The molecule has 2 N–H and O–H groups in total. The Morgan fingerprint density at radius 1 is 1.37 bits per heavy atom. The van der Waals surface area contributed by atoms with E-state index < -0.39 is 0 Å². The third kappa shape index (κ3) is 4.47. The van der Waals surface area contributed by atoms with Gasteiger partial charge in [-0.15, -0.1) is 0 Å². The zero-order chi connectivity index (χ0) is 13.7. The summed E-state index contributed by atoms with van der Waals surface area (Å²) < 4.78 is 5.46. The molecule has 1 aliphatic rings. The number of hydrogen-bond acceptors (Lipinski definition) is 4. The van der Waals surface area contributed by atoms with Crippen LogP contribution in [-0.4, -0.2) is 23.7 Å². The number of benzene rings is 1. The predicted octanol–water partition coefficient (Wildman–Crippen LogP) is 2.93. The molecule has 4 nitrogen and oxygen atoms in total. The van der Waals surface area contributed by atoms with Gasteiger partial charge in [0.15, 0.2) is 0 Å². The summed E-state index contributed by atoms with van der Waals surface area (Å²) in [5.41, 5.74) is 0.798. The number of nitrogens with one attached hydrogen (secondary N) is 1. The number of anilines is 1. The monoisotopic (exact) mass is 263 g/mol. The number of aromatic hydroxyl groups is 1. The van der Waals surface area contributed by atoms with Gasteiger partial charge in [-0.25, -0.2) is 0 Å². The Morgan fingerprint density at radius 2 is 2.11 bits per heavy atom. The van der Waals surface area contributed by atoms with Crippen LogP contribution in [0.1, 0.15) is 32.6 Å². The molecule has 0 aliphatic heterocycles. The summed E-state index contributed by atoms with van der Waals surface area (Å²) in [7, 11) is 0. The molecule has 0 bridgehead atoms. The first kappa shape index (κ1) is 13.7. The normalized spacial score (nSPS) is 22.8. The number of hydrogen-bond donors (Lipinski definition) is 2. The molecule has 0 aromatic heterocycles. The average Bonchev–Trinajstić information content (AvgIpc) is 2.38. The number of phenolic OH excluding ortho intramolecular Hbond substituents is 1. The maximum Gasteiger partial charge on any atom is 0.325 e. The lowest BCUT2D eigenvalue weighted by molar-refractivity contribution is -0.148. The molecule has 0 radical (unpaired) electrons. The molecule has 1 aromatic rings. The number of esters is 1. The van der Waals surface area contributed by atoms with Crippen LogP contribution in [0.5, 0.6) is 5.75 Å². The third-order valence-corrected chi connectivity index (χ3v) is 3.49. The first-order valence-corrected chi connectivity index (χ1v) is 6.86. The topological polar surface area (TPSA) is 58.6 Å². The largest absolute Gasteiger partial charge is 0.508 e. The van der Waals surface area contributed by atoms with Crippen molar-refractivity contribution < 1.29 is 14.6 Å². The van der Waals surface area contributed by atoms with E-state index in [1.807, 2.05) is 0 Å². The van der Waals surface area contributed by atoms with E-state index in [2.05, 4.69) is 12.2 Å². The standard InChI is InChI=1S/C15H21NO3/c1-11-3-2-4-14(9-11)19-15(18)10-16-12-5-7-13(17)8-6-12/h5-8,11,14,16-17H,2-4,9-10H2,1H3. The van der Waals surface area contributed by atoms with Gasteiger partial charge in [-0.05, 0) is 49.4 Å². The summed E-state index contributed by atoms with van der Waals surface area (Å²) in [5, 5.41) is 12.1. The minimum atomic E-state index is -0.216. The molecule has 2 rings (SSSR count). The molecule has 4 heteroatoms. The van der Waals surface area contributed by atoms with Crippen LogP contribution in [-0.2, 0) is 9.53 Å². The Bertz CT molecular complexity index is 416. The van der Waals surface area contributed by atoms with Gasteiger partial charge < -0.3 is 15.2 Å². The van der Waals surface area contributed by atoms with Gasteiger partial charge in [-0.1, -0.05) is 13.3 Å². The van der Waals surface area contributed by atoms with E-state index in [0.717, 1.165) is 24.9 Å². The van der Waals surface area contributed by atoms with Crippen LogP contribution in [0.25, 0.3) is 0 Å². The smallest absolute Gasteiger partial charge is 0.325 e. The van der Waals surface area contributed by atoms with Crippen molar-refractivity contribution in [1.29, 1.82) is 0 Å². The molecule has 0 amide bonds. The SMILES string of the molecule is CC1CCCC(OC(=O)CNc2ccc(O)cc2)C1. The molecular formula is C15H21NO3. The van der Waals surface area contributed by atoms with E-state index >= 15 is 0 Å². The second-order valence-electron chi connectivity index (χ2n) is 5.28. The second kappa shape index (κ2) is 6.45. The second-order valence-corrected chi connectivity index (χ2v) is 5.28. The Labute approximate surface area is 113 Å². The lowest BCUT2D eigenvalue weighted by Gasteiger charge is -2.26. The van der Waals surface area contributed by atoms with E-state index in [-0.39, 0.29) is 24.4 Å². The highest BCUT2D eigenvalue weighted by Gasteiger charge is 2.21. The fourth-order valence-corrected chi connectivity index (χ4v) is 2.47. The third-order valence-electron chi connectivity index (χ3n) is 3.49. The van der Waals surface area contributed by atoms with Gasteiger partial charge in [0.25, 0.3) is 0 Å². The summed E-state index contributed by atoms with van der Waals surface area (Å²) in [6, 6.07) is 6.61. The lowest BCUT2D eigenvalue weighted by atomic mass is 9.89. The van der Waals surface area contributed by atoms with E-state index in [9.17, 15) is 4.79 Å². The number of carbonyl (C=O) groups excluding carboxylic acids is 1. The molecule has 1 aliphatic carbocycles. The van der Waals surface area contributed by atoms with Crippen LogP contribution < -0.4 is 5.32 Å². The van der Waals surface area contributed by atoms with Crippen molar-refractivity contribution in [3.05, 3.63) is 24.3 Å². The van der Waals surface area contributed by atoms with Crippen molar-refractivity contribution in [3.63, 3.8) is 0 Å². The number of rotatable bonds is 4. The average molecular weight is 263 g/mol. The van der Waals surface area contributed by atoms with Crippen molar-refractivity contribution in [2.75, 3.05) is 11.9 Å². The van der Waals surface area contributed by atoms with Crippen LogP contribution in [0.3, 0.4) is 0 Å². The minimum Gasteiger partial charge on any atom is -0.508 e. The molecule has 1 aromatic carbocycles. The molecule has 104 valence electrons. The lowest BCUT2D eigenvalue weighted by Crippen LogP contribution is -2.27. The highest BCUT2D eigenvalue weighted by Crippen LogP contribution is 2.25. The van der Waals surface area contributed by atoms with E-state index in [1.165, 1.54) is 6.42 Å². The van der Waals surface area contributed by atoms with Gasteiger partial charge in [0.05, 0.1) is 0 Å². The van der Waals surface area contributed by atoms with Crippen molar-refractivity contribution in [1.82, 2.24) is 0 Å². The van der Waals surface area contributed by atoms with E-state index in [1.54, 1.807) is 24.3 Å². The van der Waals surface area contributed by atoms with Crippen molar-refractivity contribution in [3.8, 4) is 5.75 Å². The van der Waals surface area contributed by atoms with Crippen LogP contribution in [0.15, 0.2) is 24.3 Å². The highest BCUT2D eigenvalue weighted by molar-refractivity contribution is 5.75. The van der Waals surface area contributed by atoms with Gasteiger partial charge in [0.1, 0.15) is 18.4 Å². The van der Waals surface area contributed by atoms with Crippen molar-refractivity contribution >= 4 is 11.7 Å². The Balaban J connectivity index is 1.73. The predicted molar refractivity (Wildman–Crippen MR) is 74.1 cm³/mol. The summed E-state index contributed by atoms with van der Waals surface area (Å²) in [6.45, 7) is 2.37. The number of carbonyl (C=O) groups is 1. The van der Waals surface area contributed by atoms with Crippen LogP contribution >= 0.6 is 0 Å². The van der Waals surface area contributed by atoms with E-state index in [4.69, 9.17) is 9.84 Å². The molecule has 0 spiro atoms. The van der Waals surface area contributed by atoms with Crippen LogP contribution in [0, 0.1) is 5.92 Å². The molecule has 19 heavy (non-hydrogen) atoms. The summed E-state index contributed by atoms with van der Waals surface area (Å²) in [5.74, 6) is 0.646. The van der Waals surface area contributed by atoms with E-state index in [0.29, 0.717) is 5.92 Å². The Kier molecular flexibility index (Phi) is 4.66. The first-order valence-electron chi connectivity index (χ1n) is 6.86. The molecule has 1 fully saturated rings. The first-order chi connectivity index (χ1) is 9.13. The summed E-state index contributed by atoms with van der Waals surface area (Å²) in [6.07, 6.45) is 4.42. The van der Waals surface area contributed by atoms with Gasteiger partial charge in [0, 0.05) is 5.69 Å². The summed E-state index contributed by atoms with van der Waals surface area (Å²) in [4.78, 5) is 11.7. The van der Waals surface area contributed by atoms with Gasteiger partial charge in [0.2, 0.25) is 0 Å². The van der Waals surface area contributed by atoms with Gasteiger partial charge in [-0.2, -0.15) is 0 Å². The molecular weight excluding hydrogens is 242 g/mol. The zero-order valence-electron chi connectivity index (χ0n) is 11.3. The zero-order valence-corrected chi connectivity index (χ0v) is 11.3. The molecule has 1 saturated carbocycles. The van der Waals surface area contributed by atoms with Crippen molar-refractivity contribution in [2.45, 2.75) is 38.7 Å². The Hall–Kier alpha value is -1.71. The fourth-order valence-electron chi connectivity index (χ4n) is 2.47. The van der Waals surface area contributed by atoms with Crippen molar-refractivity contribution in [2.24, 2.45) is 5.92 Å². The minimum absolute atomic E-state index is 0.0814. The quantitative estimate of drug-likeness (QED) is 0.647. The van der Waals surface area contributed by atoms with Crippen LogP contribution in [0.2, 0.25) is 0 Å². The number of ether oxygens (including phenoxy) is 1. The molecule has 0 saturated heterocycles. The summed E-state index contributed by atoms with van der Waals surface area (Å²) >= 11 is 0. The van der Waals surface area contributed by atoms with Crippen LogP contribution in [0.4, 0.5) is 5.69 Å². The highest BCUT2D eigenvalue weighted by atomic mass is 16.5. The number of phenols is 1. The van der Waals surface area contributed by atoms with Gasteiger partial charge in [-0.3, -0.25) is 4.79 Å². The molecule has 2 atom stereocenters. The van der Waals surface area contributed by atoms with Gasteiger partial charge >= 0.3 is 5.97 Å². The molecule has 0 heterocycles. The fraction of sp³-hybridized carbons (Fsp3) is 0.533. The maximum atomic E-state index is 11.7. The molecule has 2 unspecified atom stereocenters.